The Hall–Kier alpha value is -1.05. The second-order valence-corrected chi connectivity index (χ2v) is 4.94. The van der Waals surface area contributed by atoms with Crippen LogP contribution in [0.4, 0.5) is 0 Å². The highest BCUT2D eigenvalue weighted by Crippen LogP contribution is 2.26. The molecule has 1 amide bonds. The van der Waals surface area contributed by atoms with Crippen molar-refractivity contribution in [2.24, 2.45) is 11.3 Å². The molecule has 1 aliphatic heterocycles. The van der Waals surface area contributed by atoms with Crippen molar-refractivity contribution < 1.29 is 4.79 Å². The Labute approximate surface area is 86.3 Å². The third-order valence-electron chi connectivity index (χ3n) is 2.55. The third-order valence-corrected chi connectivity index (χ3v) is 2.55. The van der Waals surface area contributed by atoms with Gasteiger partial charge in [-0.3, -0.25) is 4.79 Å². The van der Waals surface area contributed by atoms with E-state index in [9.17, 15) is 4.79 Å². The molecule has 0 bridgehead atoms. The highest BCUT2D eigenvalue weighted by molar-refractivity contribution is 5.82. The second-order valence-electron chi connectivity index (χ2n) is 4.94. The minimum atomic E-state index is -0.295. The monoisotopic (exact) mass is 193 g/mol. The van der Waals surface area contributed by atoms with Gasteiger partial charge in [0.25, 0.3) is 0 Å². The quantitative estimate of drug-likeness (QED) is 0.585. The van der Waals surface area contributed by atoms with Gasteiger partial charge in [0, 0.05) is 24.4 Å². The fourth-order valence-corrected chi connectivity index (χ4v) is 1.66. The van der Waals surface area contributed by atoms with E-state index in [0.717, 1.165) is 12.1 Å². The maximum absolute atomic E-state index is 11.9. The lowest BCUT2D eigenvalue weighted by Crippen LogP contribution is -2.37. The number of hydrogen-bond donors (Lipinski definition) is 0. The van der Waals surface area contributed by atoms with Gasteiger partial charge in [-0.25, -0.2) is 0 Å². The van der Waals surface area contributed by atoms with E-state index in [-0.39, 0.29) is 17.2 Å². The molecule has 1 unspecified atom stereocenters. The van der Waals surface area contributed by atoms with Crippen molar-refractivity contribution in [1.29, 1.82) is 0 Å². The van der Waals surface area contributed by atoms with Crippen molar-refractivity contribution in [3.05, 3.63) is 24.8 Å². The Balaban J connectivity index is 2.71. The van der Waals surface area contributed by atoms with Gasteiger partial charge in [-0.05, 0) is 5.57 Å². The third kappa shape index (κ3) is 2.06. The van der Waals surface area contributed by atoms with E-state index in [1.54, 1.807) is 0 Å². The molecule has 2 heteroatoms. The predicted octanol–water partition coefficient (Wildman–Crippen LogP) is 2.23. The maximum Gasteiger partial charge on any atom is 0.228 e. The Morgan fingerprint density at radius 1 is 1.57 bits per heavy atom. The molecule has 0 aliphatic carbocycles. The van der Waals surface area contributed by atoms with E-state index in [4.69, 9.17) is 0 Å². The normalized spacial score (nSPS) is 22.6. The first-order valence-electron chi connectivity index (χ1n) is 4.96. The zero-order valence-electron chi connectivity index (χ0n) is 9.34. The molecule has 1 heterocycles. The summed E-state index contributed by atoms with van der Waals surface area (Å²) in [5, 5.41) is 0. The molecule has 14 heavy (non-hydrogen) atoms. The maximum atomic E-state index is 11.9. The molecule has 1 atom stereocenters. The summed E-state index contributed by atoms with van der Waals surface area (Å²) < 4.78 is 0. The molecule has 78 valence electrons. The van der Waals surface area contributed by atoms with Gasteiger partial charge in [0.15, 0.2) is 0 Å². The molecule has 0 aromatic carbocycles. The van der Waals surface area contributed by atoms with E-state index >= 15 is 0 Å². The molecule has 1 rings (SSSR count). The van der Waals surface area contributed by atoms with E-state index in [0.29, 0.717) is 6.54 Å². The molecular weight excluding hydrogens is 174 g/mol. The van der Waals surface area contributed by atoms with Crippen LogP contribution in [0, 0.1) is 11.3 Å². The standard InChI is InChI=1S/C12H19NO/c1-6-10-8-13(7-9(10)2)11(14)12(3,4)5/h6,10H,1-2,7-8H2,3-5H3. The summed E-state index contributed by atoms with van der Waals surface area (Å²) in [6.07, 6.45) is 1.87. The molecule has 2 nitrogen and oxygen atoms in total. The van der Waals surface area contributed by atoms with E-state index in [2.05, 4.69) is 13.2 Å². The fourth-order valence-electron chi connectivity index (χ4n) is 1.66. The average molecular weight is 193 g/mol. The zero-order chi connectivity index (χ0) is 10.9. The first-order chi connectivity index (χ1) is 6.36. The van der Waals surface area contributed by atoms with Crippen molar-refractivity contribution in [1.82, 2.24) is 4.90 Å². The Bertz CT molecular complexity index is 273. The lowest BCUT2D eigenvalue weighted by Gasteiger charge is -2.25. The van der Waals surface area contributed by atoms with Gasteiger partial charge in [0.2, 0.25) is 5.91 Å². The van der Waals surface area contributed by atoms with Crippen LogP contribution in [-0.2, 0) is 4.79 Å². The lowest BCUT2D eigenvalue weighted by atomic mass is 9.95. The first kappa shape index (κ1) is 11.0. The van der Waals surface area contributed by atoms with Crippen molar-refractivity contribution in [3.8, 4) is 0 Å². The van der Waals surface area contributed by atoms with Gasteiger partial charge in [-0.15, -0.1) is 6.58 Å². The highest BCUT2D eigenvalue weighted by Gasteiger charge is 2.33. The van der Waals surface area contributed by atoms with Gasteiger partial charge in [-0.1, -0.05) is 33.4 Å². The number of nitrogens with zero attached hydrogens (tertiary/aromatic N) is 1. The Kier molecular flexibility index (Phi) is 2.84. The van der Waals surface area contributed by atoms with Crippen LogP contribution in [0.25, 0.3) is 0 Å². The number of amides is 1. The first-order valence-corrected chi connectivity index (χ1v) is 4.96. The van der Waals surface area contributed by atoms with Crippen LogP contribution >= 0.6 is 0 Å². The summed E-state index contributed by atoms with van der Waals surface area (Å²) in [5.74, 6) is 0.476. The molecule has 0 spiro atoms. The SMILES string of the molecule is C=CC1CN(C(=O)C(C)(C)C)CC1=C. The van der Waals surface area contributed by atoms with Crippen LogP contribution in [0.1, 0.15) is 20.8 Å². The van der Waals surface area contributed by atoms with Crippen LogP contribution in [0.5, 0.6) is 0 Å². The molecule has 1 aliphatic rings. The molecule has 1 fully saturated rings. The van der Waals surface area contributed by atoms with Crippen molar-refractivity contribution >= 4 is 5.91 Å². The van der Waals surface area contributed by atoms with Crippen LogP contribution in [0.2, 0.25) is 0 Å². The molecule has 0 N–H and O–H groups in total. The molecule has 1 saturated heterocycles. The van der Waals surface area contributed by atoms with E-state index in [1.807, 2.05) is 31.7 Å². The van der Waals surface area contributed by atoms with E-state index < -0.39 is 0 Å². The predicted molar refractivity (Wildman–Crippen MR) is 58.9 cm³/mol. The van der Waals surface area contributed by atoms with Crippen LogP contribution in [0.15, 0.2) is 24.8 Å². The number of rotatable bonds is 1. The minimum absolute atomic E-state index is 0.197. The zero-order valence-corrected chi connectivity index (χ0v) is 9.34. The van der Waals surface area contributed by atoms with Gasteiger partial charge in [0.1, 0.15) is 0 Å². The Morgan fingerprint density at radius 2 is 2.14 bits per heavy atom. The summed E-state index contributed by atoms with van der Waals surface area (Å²) in [6.45, 7) is 15.0. The number of carbonyl (C=O) groups is 1. The van der Waals surface area contributed by atoms with Crippen molar-refractivity contribution in [2.75, 3.05) is 13.1 Å². The summed E-state index contributed by atoms with van der Waals surface area (Å²) in [5.41, 5.74) is 0.800. The number of likely N-dealkylation sites (tertiary alicyclic amines) is 1. The molecular formula is C12H19NO. The van der Waals surface area contributed by atoms with Crippen molar-refractivity contribution in [3.63, 3.8) is 0 Å². The Morgan fingerprint density at radius 3 is 2.50 bits per heavy atom. The van der Waals surface area contributed by atoms with Gasteiger partial charge >= 0.3 is 0 Å². The van der Waals surface area contributed by atoms with Gasteiger partial charge < -0.3 is 4.90 Å². The van der Waals surface area contributed by atoms with Gasteiger partial charge in [-0.2, -0.15) is 0 Å². The highest BCUT2D eigenvalue weighted by atomic mass is 16.2. The van der Waals surface area contributed by atoms with Crippen LogP contribution < -0.4 is 0 Å². The van der Waals surface area contributed by atoms with Crippen LogP contribution in [0.3, 0.4) is 0 Å². The topological polar surface area (TPSA) is 20.3 Å². The number of carbonyl (C=O) groups excluding carboxylic acids is 1. The summed E-state index contributed by atoms with van der Waals surface area (Å²) >= 11 is 0. The summed E-state index contributed by atoms with van der Waals surface area (Å²) in [6, 6.07) is 0. The van der Waals surface area contributed by atoms with Gasteiger partial charge in [0.05, 0.1) is 0 Å². The summed E-state index contributed by atoms with van der Waals surface area (Å²) in [7, 11) is 0. The number of hydrogen-bond acceptors (Lipinski definition) is 1. The van der Waals surface area contributed by atoms with Crippen LogP contribution in [-0.4, -0.2) is 23.9 Å². The summed E-state index contributed by atoms with van der Waals surface area (Å²) in [4.78, 5) is 13.8. The smallest absolute Gasteiger partial charge is 0.228 e. The molecule has 0 radical (unpaired) electrons. The second kappa shape index (κ2) is 3.60. The fraction of sp³-hybridized carbons (Fsp3) is 0.583. The minimum Gasteiger partial charge on any atom is -0.337 e. The van der Waals surface area contributed by atoms with Crippen molar-refractivity contribution in [2.45, 2.75) is 20.8 Å². The lowest BCUT2D eigenvalue weighted by molar-refractivity contribution is -0.138. The molecule has 0 aromatic heterocycles. The van der Waals surface area contributed by atoms with E-state index in [1.165, 1.54) is 0 Å². The largest absolute Gasteiger partial charge is 0.337 e. The molecule has 0 aromatic rings. The molecule has 0 saturated carbocycles. The average Bonchev–Trinajstić information content (AvgIpc) is 2.43.